The van der Waals surface area contributed by atoms with E-state index in [1.54, 1.807) is 0 Å². The summed E-state index contributed by atoms with van der Waals surface area (Å²) in [5.41, 5.74) is 11.7. The summed E-state index contributed by atoms with van der Waals surface area (Å²) in [6, 6.07) is -5.15. The van der Waals surface area contributed by atoms with Gasteiger partial charge in [-0.3, -0.25) is 14.5 Å². The van der Waals surface area contributed by atoms with Crippen molar-refractivity contribution in [3.05, 3.63) is 0 Å². The zero-order chi connectivity index (χ0) is 33.2. The van der Waals surface area contributed by atoms with Crippen LogP contribution in [-0.4, -0.2) is 177 Å². The molecule has 5 heterocycles. The van der Waals surface area contributed by atoms with E-state index in [1.165, 1.54) is 0 Å². The molecular formula is C22H35N3O19S. The second-order valence-electron chi connectivity index (χ2n) is 11.1. The minimum absolute atomic E-state index is 0.276. The van der Waals surface area contributed by atoms with Crippen molar-refractivity contribution >= 4 is 22.2 Å². The summed E-state index contributed by atoms with van der Waals surface area (Å²) in [5, 5.41) is 83.5. The van der Waals surface area contributed by atoms with Gasteiger partial charge >= 0.3 is 10.4 Å². The van der Waals surface area contributed by atoms with E-state index in [9.17, 15) is 58.9 Å². The number of carbonyl (C=O) groups is 2. The fraction of sp³-hybridized carbons (Fsp3) is 0.909. The van der Waals surface area contributed by atoms with Crippen LogP contribution in [0.5, 0.6) is 0 Å². The van der Waals surface area contributed by atoms with Crippen molar-refractivity contribution in [2.24, 2.45) is 11.5 Å². The molecule has 0 aromatic carbocycles. The van der Waals surface area contributed by atoms with Crippen molar-refractivity contribution in [3.8, 4) is 0 Å². The maximum atomic E-state index is 12.8. The third-order valence-electron chi connectivity index (χ3n) is 8.32. The van der Waals surface area contributed by atoms with E-state index in [4.69, 9.17) is 35.2 Å². The van der Waals surface area contributed by atoms with Crippen molar-refractivity contribution in [3.63, 3.8) is 0 Å². The minimum atomic E-state index is -5.06. The Kier molecular flexibility index (Phi) is 9.62. The van der Waals surface area contributed by atoms with E-state index in [1.807, 2.05) is 0 Å². The number of aliphatic hydroxyl groups is 8. The van der Waals surface area contributed by atoms with Gasteiger partial charge in [0, 0.05) is 12.8 Å². The summed E-state index contributed by atoms with van der Waals surface area (Å²) in [6.07, 6.45) is -18.8. The zero-order valence-corrected chi connectivity index (χ0v) is 23.9. The number of likely N-dealkylation sites (tertiary alicyclic amines) is 1. The van der Waals surface area contributed by atoms with Crippen LogP contribution in [0, 0.1) is 0 Å². The Morgan fingerprint density at radius 1 is 0.844 bits per heavy atom. The maximum Gasteiger partial charge on any atom is 0.405 e. The molecule has 45 heavy (non-hydrogen) atoms. The number of fused-ring (bicyclic) bond motifs is 1. The summed E-state index contributed by atoms with van der Waals surface area (Å²) >= 11 is 0. The SMILES string of the molecule is N[C@H]1[C@@H](OC2[C@@H](CO)O[C@@H](OC3[C@@H](CO)O[C@@H](O)[C@H](N)[C@H]3O)[C@H](N3C(=O)CCC3=O)[C@H]2O)O[C@]2(CO)OS(=O)(=O)O[C@@]2(O)[C@@H]1O. The van der Waals surface area contributed by atoms with Gasteiger partial charge in [0.2, 0.25) is 11.8 Å². The molecule has 5 aliphatic heterocycles. The number of amides is 2. The standard InChI is InChI=1S/C22H35N3O19S/c23-10-13(31)15(6(3-26)38-18(10)34)41-20-12(25-8(29)1-2-9(25)30)14(32)16(7(4-27)39-20)40-19-11(24)17(33)22(35)21(5-28,42-19)43-45(36,37)44-22/h6-7,10-20,26-28,31-35H,1-5,23-24H2/t6-,7-,10-,11-,12-,13-,14-,15?,16?,17-,18-,19+,20+,21-,22+/m1/s1. The maximum absolute atomic E-state index is 12.8. The van der Waals surface area contributed by atoms with Crippen LogP contribution in [0.25, 0.3) is 0 Å². The second kappa shape index (κ2) is 12.5. The second-order valence-corrected chi connectivity index (χ2v) is 12.2. The van der Waals surface area contributed by atoms with Gasteiger partial charge in [0.05, 0.1) is 25.3 Å². The molecule has 258 valence electrons. The van der Waals surface area contributed by atoms with Gasteiger partial charge in [-0.05, 0) is 0 Å². The molecule has 0 saturated carbocycles. The fourth-order valence-corrected chi connectivity index (χ4v) is 7.04. The Labute approximate surface area is 253 Å². The summed E-state index contributed by atoms with van der Waals surface area (Å²) in [6.45, 7) is -3.24. The van der Waals surface area contributed by atoms with Crippen molar-refractivity contribution in [2.45, 2.75) is 104 Å². The summed E-state index contributed by atoms with van der Waals surface area (Å²) in [4.78, 5) is 26.2. The molecule has 0 aromatic heterocycles. The molecule has 15 atom stereocenters. The Balaban J connectivity index is 1.46. The topological polar surface area (TPSA) is 350 Å². The van der Waals surface area contributed by atoms with Crippen LogP contribution in [0.1, 0.15) is 12.8 Å². The van der Waals surface area contributed by atoms with Crippen LogP contribution in [-0.2, 0) is 52.0 Å². The first-order valence-corrected chi connectivity index (χ1v) is 15.0. The predicted molar refractivity (Wildman–Crippen MR) is 133 cm³/mol. The third kappa shape index (κ3) is 5.68. The molecule has 2 unspecified atom stereocenters. The van der Waals surface area contributed by atoms with E-state index >= 15 is 0 Å². The number of nitrogens with two attached hydrogens (primary N) is 2. The van der Waals surface area contributed by atoms with Crippen molar-refractivity contribution in [2.75, 3.05) is 19.8 Å². The lowest BCUT2D eigenvalue weighted by molar-refractivity contribution is -0.434. The monoisotopic (exact) mass is 677 g/mol. The molecule has 12 N–H and O–H groups in total. The molecule has 5 saturated heterocycles. The fourth-order valence-electron chi connectivity index (χ4n) is 5.92. The Morgan fingerprint density at radius 3 is 1.98 bits per heavy atom. The van der Waals surface area contributed by atoms with Gasteiger partial charge in [-0.15, -0.1) is 0 Å². The molecule has 2 amide bonds. The molecule has 5 aliphatic rings. The van der Waals surface area contributed by atoms with Crippen LogP contribution >= 0.6 is 0 Å². The van der Waals surface area contributed by atoms with Crippen LogP contribution in [0.2, 0.25) is 0 Å². The molecule has 23 heteroatoms. The molecule has 0 aliphatic carbocycles. The quantitative estimate of drug-likeness (QED) is 0.107. The largest absolute Gasteiger partial charge is 0.405 e. The highest BCUT2D eigenvalue weighted by atomic mass is 32.3. The molecule has 5 rings (SSSR count). The van der Waals surface area contributed by atoms with E-state index in [-0.39, 0.29) is 12.8 Å². The van der Waals surface area contributed by atoms with Gasteiger partial charge in [-0.2, -0.15) is 8.42 Å². The van der Waals surface area contributed by atoms with Crippen molar-refractivity contribution in [1.82, 2.24) is 4.90 Å². The Morgan fingerprint density at radius 2 is 1.40 bits per heavy atom. The van der Waals surface area contributed by atoms with Crippen LogP contribution in [0.3, 0.4) is 0 Å². The highest BCUT2D eigenvalue weighted by molar-refractivity contribution is 7.82. The smallest absolute Gasteiger partial charge is 0.394 e. The van der Waals surface area contributed by atoms with Gasteiger partial charge < -0.3 is 76.0 Å². The van der Waals surface area contributed by atoms with Crippen LogP contribution in [0.15, 0.2) is 0 Å². The molecule has 0 aromatic rings. The first-order valence-electron chi connectivity index (χ1n) is 13.6. The van der Waals surface area contributed by atoms with Crippen molar-refractivity contribution < 1.29 is 90.9 Å². The van der Waals surface area contributed by atoms with Gasteiger partial charge in [-0.25, -0.2) is 8.37 Å². The summed E-state index contributed by atoms with van der Waals surface area (Å²) in [7, 11) is -5.06. The molecule has 0 bridgehead atoms. The first-order chi connectivity index (χ1) is 21.0. The highest BCUT2D eigenvalue weighted by Gasteiger charge is 2.74. The van der Waals surface area contributed by atoms with Gasteiger partial charge in [0.15, 0.2) is 18.9 Å². The molecule has 0 spiro atoms. The lowest BCUT2D eigenvalue weighted by Gasteiger charge is -2.52. The number of rotatable bonds is 8. The number of imide groups is 1. The lowest BCUT2D eigenvalue weighted by Crippen LogP contribution is -2.76. The minimum Gasteiger partial charge on any atom is -0.394 e. The Bertz CT molecular complexity index is 1230. The number of carbonyl (C=O) groups excluding carboxylic acids is 2. The predicted octanol–water partition coefficient (Wildman–Crippen LogP) is -8.54. The average molecular weight is 678 g/mol. The van der Waals surface area contributed by atoms with Gasteiger partial charge in [0.1, 0.15) is 55.4 Å². The van der Waals surface area contributed by atoms with E-state index in [2.05, 4.69) is 8.37 Å². The molecular weight excluding hydrogens is 642 g/mol. The van der Waals surface area contributed by atoms with E-state index < -0.39 is 133 Å². The number of hydrogen-bond acceptors (Lipinski definition) is 21. The summed E-state index contributed by atoms with van der Waals surface area (Å²) < 4.78 is 60.8. The average Bonchev–Trinajstić information content (AvgIpc) is 3.43. The van der Waals surface area contributed by atoms with Crippen LogP contribution < -0.4 is 11.5 Å². The normalized spacial score (nSPS) is 50.2. The van der Waals surface area contributed by atoms with Gasteiger partial charge in [0.25, 0.3) is 11.6 Å². The molecule has 5 fully saturated rings. The summed E-state index contributed by atoms with van der Waals surface area (Å²) in [5.74, 6) is -7.86. The zero-order valence-electron chi connectivity index (χ0n) is 23.1. The molecule has 22 nitrogen and oxygen atoms in total. The molecule has 0 radical (unpaired) electrons. The highest BCUT2D eigenvalue weighted by Crippen LogP contribution is 2.47. The van der Waals surface area contributed by atoms with E-state index in [0.717, 1.165) is 0 Å². The number of hydrogen-bond donors (Lipinski definition) is 10. The van der Waals surface area contributed by atoms with Crippen LogP contribution in [0.4, 0.5) is 0 Å². The number of nitrogens with zero attached hydrogens (tertiary/aromatic N) is 1. The lowest BCUT2D eigenvalue weighted by atomic mass is 9.90. The van der Waals surface area contributed by atoms with Crippen molar-refractivity contribution in [1.29, 1.82) is 0 Å². The number of aliphatic hydroxyl groups excluding tert-OH is 7. The number of ether oxygens (including phenoxy) is 5. The van der Waals surface area contributed by atoms with Gasteiger partial charge in [-0.1, -0.05) is 0 Å². The first kappa shape index (κ1) is 34.7. The van der Waals surface area contributed by atoms with E-state index in [0.29, 0.717) is 4.90 Å². The third-order valence-corrected chi connectivity index (χ3v) is 9.25. The Hall–Kier alpha value is -1.59.